The number of ether oxygens (including phenoxy) is 3. The van der Waals surface area contributed by atoms with Crippen molar-refractivity contribution < 1.29 is 19.0 Å². The van der Waals surface area contributed by atoms with Crippen LogP contribution in [0.3, 0.4) is 0 Å². The lowest BCUT2D eigenvalue weighted by atomic mass is 9.96. The number of fused-ring (bicyclic) bond motifs is 1. The third-order valence-electron chi connectivity index (χ3n) is 6.79. The number of aromatic nitrogens is 1. The molecule has 1 atom stereocenters. The summed E-state index contributed by atoms with van der Waals surface area (Å²) in [4.78, 5) is 33.6. The Hall–Kier alpha value is -3.79. The molecule has 7 nitrogen and oxygen atoms in total. The Morgan fingerprint density at radius 2 is 1.86 bits per heavy atom. The third-order valence-corrected chi connectivity index (χ3v) is 8.80. The number of carbonyl (C=O) groups excluding carboxylic acids is 1. The first-order valence-electron chi connectivity index (χ1n) is 13.6. The number of hydrogen-bond donors (Lipinski definition) is 0. The smallest absolute Gasteiger partial charge is 0.338 e. The van der Waals surface area contributed by atoms with Crippen molar-refractivity contribution >= 4 is 46.7 Å². The van der Waals surface area contributed by atoms with Gasteiger partial charge in [-0.1, -0.05) is 65.4 Å². The molecule has 0 aliphatic carbocycles. The molecule has 1 aromatic heterocycles. The van der Waals surface area contributed by atoms with E-state index in [1.54, 1.807) is 62.4 Å². The summed E-state index contributed by atoms with van der Waals surface area (Å²) in [5.41, 5.74) is 3.03. The quantitative estimate of drug-likeness (QED) is 0.162. The molecule has 1 aliphatic heterocycles. The Bertz CT molecular complexity index is 1860. The van der Waals surface area contributed by atoms with E-state index in [0.717, 1.165) is 16.0 Å². The van der Waals surface area contributed by atoms with E-state index in [-0.39, 0.29) is 11.7 Å². The van der Waals surface area contributed by atoms with Gasteiger partial charge in [0.15, 0.2) is 16.3 Å². The van der Waals surface area contributed by atoms with Gasteiger partial charge in [0.1, 0.15) is 6.61 Å². The molecule has 0 amide bonds. The van der Waals surface area contributed by atoms with Crippen LogP contribution in [0.15, 0.2) is 92.7 Å². The zero-order valence-corrected chi connectivity index (χ0v) is 26.8. The molecule has 0 bridgehead atoms. The van der Waals surface area contributed by atoms with Crippen LogP contribution in [0.25, 0.3) is 6.08 Å². The summed E-state index contributed by atoms with van der Waals surface area (Å²) in [6.45, 7) is 5.69. The number of benzene rings is 3. The van der Waals surface area contributed by atoms with Crippen LogP contribution in [0.2, 0.25) is 5.02 Å². The van der Waals surface area contributed by atoms with E-state index in [4.69, 9.17) is 25.8 Å². The molecular formula is C33H31ClN2O5S2. The average Bonchev–Trinajstić information content (AvgIpc) is 3.29. The van der Waals surface area contributed by atoms with Gasteiger partial charge in [0, 0.05) is 4.90 Å². The van der Waals surface area contributed by atoms with Gasteiger partial charge in [0.25, 0.3) is 5.56 Å². The second-order valence-corrected chi connectivity index (χ2v) is 12.4. The predicted octanol–water partition coefficient (Wildman–Crippen LogP) is 6.15. The van der Waals surface area contributed by atoms with Crippen molar-refractivity contribution in [1.82, 2.24) is 4.57 Å². The van der Waals surface area contributed by atoms with Gasteiger partial charge in [0.2, 0.25) is 0 Å². The fraction of sp³-hybridized carbons (Fsp3) is 0.242. The fourth-order valence-corrected chi connectivity index (χ4v) is 6.53. The van der Waals surface area contributed by atoms with Gasteiger partial charge < -0.3 is 14.2 Å². The third kappa shape index (κ3) is 6.59. The van der Waals surface area contributed by atoms with Crippen molar-refractivity contribution in [3.8, 4) is 11.5 Å². The van der Waals surface area contributed by atoms with Crippen LogP contribution in [-0.4, -0.2) is 30.0 Å². The molecule has 0 saturated carbocycles. The summed E-state index contributed by atoms with van der Waals surface area (Å²) in [5, 5.41) is 0.357. The number of rotatable bonds is 9. The van der Waals surface area contributed by atoms with E-state index in [0.29, 0.717) is 49.3 Å². The number of nitrogens with zero attached hydrogens (tertiary/aromatic N) is 2. The summed E-state index contributed by atoms with van der Waals surface area (Å²) >= 11 is 9.51. The number of methoxy groups -OCH3 is 1. The highest BCUT2D eigenvalue weighted by Crippen LogP contribution is 2.37. The minimum absolute atomic E-state index is 0.274. The number of esters is 1. The largest absolute Gasteiger partial charge is 0.493 e. The van der Waals surface area contributed by atoms with Crippen LogP contribution in [0.1, 0.15) is 43.5 Å². The molecule has 43 heavy (non-hydrogen) atoms. The van der Waals surface area contributed by atoms with Crippen molar-refractivity contribution in [2.75, 3.05) is 13.4 Å². The van der Waals surface area contributed by atoms with E-state index < -0.39 is 12.0 Å². The highest BCUT2D eigenvalue weighted by Gasteiger charge is 2.33. The van der Waals surface area contributed by atoms with E-state index >= 15 is 0 Å². The molecule has 0 fully saturated rings. The highest BCUT2D eigenvalue weighted by atomic mass is 35.5. The molecule has 1 aliphatic rings. The van der Waals surface area contributed by atoms with Gasteiger partial charge in [-0.25, -0.2) is 9.79 Å². The van der Waals surface area contributed by atoms with Gasteiger partial charge in [-0.05, 0) is 74.1 Å². The highest BCUT2D eigenvalue weighted by molar-refractivity contribution is 7.98. The van der Waals surface area contributed by atoms with Crippen molar-refractivity contribution in [2.45, 2.75) is 44.4 Å². The molecule has 2 heterocycles. The maximum atomic E-state index is 14.0. The fourth-order valence-electron chi connectivity index (χ4n) is 4.81. The predicted molar refractivity (Wildman–Crippen MR) is 172 cm³/mol. The molecule has 0 saturated heterocycles. The van der Waals surface area contributed by atoms with E-state index in [2.05, 4.69) is 4.99 Å². The average molecular weight is 635 g/mol. The SMILES string of the molecule is COc1cc(/C=c2\sc3n(c2=O)[C@@H](c2ccc(SC)cc2)C(C(=O)OC(C)C)=C(C)N=3)cc(Cl)c1OCc1ccccc1. The Morgan fingerprint density at radius 1 is 1.14 bits per heavy atom. The van der Waals surface area contributed by atoms with Gasteiger partial charge in [0.05, 0.1) is 40.1 Å². The molecule has 5 rings (SSSR count). The lowest BCUT2D eigenvalue weighted by Crippen LogP contribution is -2.40. The van der Waals surface area contributed by atoms with Crippen LogP contribution in [0.4, 0.5) is 0 Å². The van der Waals surface area contributed by atoms with Crippen molar-refractivity contribution in [3.63, 3.8) is 0 Å². The first-order chi connectivity index (χ1) is 20.7. The topological polar surface area (TPSA) is 79.1 Å². The Balaban J connectivity index is 1.58. The minimum atomic E-state index is -0.688. The van der Waals surface area contributed by atoms with Crippen LogP contribution < -0.4 is 24.4 Å². The number of halogens is 1. The lowest BCUT2D eigenvalue weighted by molar-refractivity contribution is -0.143. The number of thiazole rings is 1. The molecule has 10 heteroatoms. The zero-order chi connectivity index (χ0) is 30.7. The van der Waals surface area contributed by atoms with E-state index in [1.807, 2.05) is 60.9 Å². The Kier molecular flexibility index (Phi) is 9.44. The number of carbonyl (C=O) groups is 1. The number of hydrogen-bond acceptors (Lipinski definition) is 8. The lowest BCUT2D eigenvalue weighted by Gasteiger charge is -2.25. The summed E-state index contributed by atoms with van der Waals surface area (Å²) in [5.74, 6) is 0.375. The molecule has 0 radical (unpaired) electrons. The first kappa shape index (κ1) is 30.7. The van der Waals surface area contributed by atoms with E-state index in [9.17, 15) is 9.59 Å². The molecule has 4 aromatic rings. The second kappa shape index (κ2) is 13.2. The maximum Gasteiger partial charge on any atom is 0.338 e. The Labute approximate surface area is 263 Å². The Morgan fingerprint density at radius 3 is 2.51 bits per heavy atom. The molecule has 0 spiro atoms. The molecule has 222 valence electrons. The number of thioether (sulfide) groups is 1. The summed E-state index contributed by atoms with van der Waals surface area (Å²) in [6, 6.07) is 20.4. The standard InChI is InChI=1S/C33H31ClN2O5S2/c1-19(2)41-32(38)28-20(3)35-33-36(29(28)23-11-13-24(42-5)14-12-23)31(37)27(43-33)17-22-15-25(34)30(26(16-22)39-4)40-18-21-9-7-6-8-10-21/h6-17,19,29H,18H2,1-5H3/b27-17-/t29-/m0/s1. The van der Waals surface area contributed by atoms with Crippen molar-refractivity contribution in [1.29, 1.82) is 0 Å². The molecule has 3 aromatic carbocycles. The van der Waals surface area contributed by atoms with Gasteiger partial charge >= 0.3 is 5.97 Å². The molecular weight excluding hydrogens is 604 g/mol. The molecule has 0 N–H and O–H groups in total. The zero-order valence-electron chi connectivity index (χ0n) is 24.4. The monoisotopic (exact) mass is 634 g/mol. The van der Waals surface area contributed by atoms with Gasteiger partial charge in [-0.15, -0.1) is 11.8 Å². The van der Waals surface area contributed by atoms with Gasteiger partial charge in [-0.3, -0.25) is 9.36 Å². The van der Waals surface area contributed by atoms with E-state index in [1.165, 1.54) is 11.3 Å². The second-order valence-electron chi connectivity index (χ2n) is 10.1. The summed E-state index contributed by atoms with van der Waals surface area (Å²) in [7, 11) is 1.54. The van der Waals surface area contributed by atoms with Crippen LogP contribution in [-0.2, 0) is 16.1 Å². The minimum Gasteiger partial charge on any atom is -0.493 e. The first-order valence-corrected chi connectivity index (χ1v) is 16.0. The van der Waals surface area contributed by atoms with Crippen molar-refractivity contribution in [3.05, 3.63) is 119 Å². The number of allylic oxidation sites excluding steroid dienone is 1. The maximum absolute atomic E-state index is 14.0. The summed E-state index contributed by atoms with van der Waals surface area (Å²) in [6.07, 6.45) is 3.42. The van der Waals surface area contributed by atoms with Crippen LogP contribution in [0, 0.1) is 0 Å². The normalized spacial score (nSPS) is 14.9. The van der Waals surface area contributed by atoms with Crippen molar-refractivity contribution in [2.24, 2.45) is 4.99 Å². The van der Waals surface area contributed by atoms with Gasteiger partial charge in [-0.2, -0.15) is 0 Å². The van der Waals surface area contributed by atoms with Crippen LogP contribution in [0.5, 0.6) is 11.5 Å². The molecule has 0 unspecified atom stereocenters. The summed E-state index contributed by atoms with van der Waals surface area (Å²) < 4.78 is 19.2. The van der Waals surface area contributed by atoms with Crippen LogP contribution >= 0.6 is 34.7 Å².